The van der Waals surface area contributed by atoms with Crippen LogP contribution in [0.15, 0.2) is 0 Å². The van der Waals surface area contributed by atoms with Crippen molar-refractivity contribution in [3.63, 3.8) is 0 Å². The summed E-state index contributed by atoms with van der Waals surface area (Å²) in [6.07, 6.45) is 0. The summed E-state index contributed by atoms with van der Waals surface area (Å²) in [5, 5.41) is 2.87. The molecule has 0 aliphatic carbocycles. The van der Waals surface area contributed by atoms with E-state index in [0.29, 0.717) is 0 Å². The minimum absolute atomic E-state index is 0.0966. The van der Waals surface area contributed by atoms with Gasteiger partial charge in [0.05, 0.1) is 6.04 Å². The van der Waals surface area contributed by atoms with Gasteiger partial charge >= 0.3 is 0 Å². The molecule has 0 saturated heterocycles. The first-order valence-electron chi connectivity index (χ1n) is 3.36. The Labute approximate surface area is 62.0 Å². The molecule has 0 fully saturated rings. The van der Waals surface area contributed by atoms with Gasteiger partial charge in [-0.25, -0.2) is 0 Å². The molecular weight excluding hydrogens is 128 g/mol. The SMILES string of the molecule is CNC(C(N)=O)C(C)(C)C. The van der Waals surface area contributed by atoms with E-state index in [4.69, 9.17) is 5.73 Å². The number of nitrogens with one attached hydrogen (secondary N) is 1. The van der Waals surface area contributed by atoms with Gasteiger partial charge in [-0.1, -0.05) is 20.8 Å². The minimum atomic E-state index is -0.296. The van der Waals surface area contributed by atoms with E-state index in [2.05, 4.69) is 5.32 Å². The summed E-state index contributed by atoms with van der Waals surface area (Å²) in [6.45, 7) is 5.91. The number of carbonyl (C=O) groups excluding carboxylic acids is 1. The van der Waals surface area contributed by atoms with E-state index in [1.54, 1.807) is 7.05 Å². The summed E-state index contributed by atoms with van der Waals surface area (Å²) in [6, 6.07) is -0.243. The van der Waals surface area contributed by atoms with E-state index in [0.717, 1.165) is 0 Å². The lowest BCUT2D eigenvalue weighted by Crippen LogP contribution is -2.48. The van der Waals surface area contributed by atoms with Crippen molar-refractivity contribution in [2.75, 3.05) is 7.05 Å². The predicted molar refractivity (Wildman–Crippen MR) is 41.5 cm³/mol. The minimum Gasteiger partial charge on any atom is -0.368 e. The molecule has 0 aromatic carbocycles. The van der Waals surface area contributed by atoms with Gasteiger partial charge in [0.25, 0.3) is 0 Å². The quantitative estimate of drug-likeness (QED) is 0.577. The van der Waals surface area contributed by atoms with Gasteiger partial charge in [0.2, 0.25) is 5.91 Å². The number of carbonyl (C=O) groups is 1. The van der Waals surface area contributed by atoms with Crippen LogP contribution in [0.1, 0.15) is 20.8 Å². The van der Waals surface area contributed by atoms with Gasteiger partial charge in [0.15, 0.2) is 0 Å². The molecule has 10 heavy (non-hydrogen) atoms. The fourth-order valence-corrected chi connectivity index (χ4v) is 1.00. The molecule has 60 valence electrons. The summed E-state index contributed by atoms with van der Waals surface area (Å²) >= 11 is 0. The first-order valence-corrected chi connectivity index (χ1v) is 3.36. The highest BCUT2D eigenvalue weighted by molar-refractivity contribution is 5.80. The molecule has 1 unspecified atom stereocenters. The van der Waals surface area contributed by atoms with E-state index in [1.165, 1.54) is 0 Å². The van der Waals surface area contributed by atoms with Crippen molar-refractivity contribution in [2.45, 2.75) is 26.8 Å². The predicted octanol–water partition coefficient (Wildman–Crippen LogP) is 0.106. The lowest BCUT2D eigenvalue weighted by atomic mass is 9.86. The van der Waals surface area contributed by atoms with E-state index in [-0.39, 0.29) is 17.4 Å². The molecule has 1 atom stereocenters. The lowest BCUT2D eigenvalue weighted by Gasteiger charge is -2.27. The monoisotopic (exact) mass is 144 g/mol. The maximum atomic E-state index is 10.7. The van der Waals surface area contributed by atoms with Gasteiger partial charge in [-0.15, -0.1) is 0 Å². The van der Waals surface area contributed by atoms with E-state index in [9.17, 15) is 4.79 Å². The van der Waals surface area contributed by atoms with Crippen molar-refractivity contribution < 1.29 is 4.79 Å². The fraction of sp³-hybridized carbons (Fsp3) is 0.857. The first-order chi connectivity index (χ1) is 4.39. The molecule has 3 heteroatoms. The third kappa shape index (κ3) is 2.35. The highest BCUT2D eigenvalue weighted by Gasteiger charge is 2.27. The maximum absolute atomic E-state index is 10.7. The topological polar surface area (TPSA) is 55.1 Å². The van der Waals surface area contributed by atoms with Crippen LogP contribution in [0, 0.1) is 5.41 Å². The second kappa shape index (κ2) is 3.01. The Morgan fingerprint density at radius 1 is 1.50 bits per heavy atom. The van der Waals surface area contributed by atoms with Gasteiger partial charge in [-0.3, -0.25) is 4.79 Å². The van der Waals surface area contributed by atoms with Crippen molar-refractivity contribution in [1.82, 2.24) is 5.32 Å². The Kier molecular flexibility index (Phi) is 2.84. The molecule has 3 nitrogen and oxygen atoms in total. The summed E-state index contributed by atoms with van der Waals surface area (Å²) in [7, 11) is 1.74. The second-order valence-electron chi connectivity index (χ2n) is 3.49. The highest BCUT2D eigenvalue weighted by atomic mass is 16.1. The number of amides is 1. The molecule has 3 N–H and O–H groups in total. The first kappa shape index (κ1) is 9.43. The molecule has 0 aromatic rings. The Balaban J connectivity index is 4.22. The molecule has 0 rings (SSSR count). The van der Waals surface area contributed by atoms with Crippen LogP contribution < -0.4 is 11.1 Å². The number of hydrogen-bond acceptors (Lipinski definition) is 2. The van der Waals surface area contributed by atoms with Crippen LogP contribution in [0.2, 0.25) is 0 Å². The zero-order valence-electron chi connectivity index (χ0n) is 7.06. The molecule has 0 aromatic heterocycles. The van der Waals surface area contributed by atoms with Crippen molar-refractivity contribution in [2.24, 2.45) is 11.1 Å². The van der Waals surface area contributed by atoms with Crippen LogP contribution in [0.3, 0.4) is 0 Å². The average molecular weight is 144 g/mol. The molecule has 0 radical (unpaired) electrons. The maximum Gasteiger partial charge on any atom is 0.235 e. The molecule has 0 bridgehead atoms. The van der Waals surface area contributed by atoms with E-state index < -0.39 is 0 Å². The van der Waals surface area contributed by atoms with Crippen LogP contribution >= 0.6 is 0 Å². The number of nitrogens with two attached hydrogens (primary N) is 1. The summed E-state index contributed by atoms with van der Waals surface area (Å²) in [4.78, 5) is 10.7. The highest BCUT2D eigenvalue weighted by Crippen LogP contribution is 2.17. The fourth-order valence-electron chi connectivity index (χ4n) is 1.00. The third-order valence-corrected chi connectivity index (χ3v) is 1.44. The zero-order chi connectivity index (χ0) is 8.36. The van der Waals surface area contributed by atoms with E-state index in [1.807, 2.05) is 20.8 Å². The Bertz CT molecular complexity index is 126. The summed E-state index contributed by atoms with van der Waals surface area (Å²) < 4.78 is 0. The molecule has 0 saturated carbocycles. The largest absolute Gasteiger partial charge is 0.368 e. The van der Waals surface area contributed by atoms with Gasteiger partial charge in [0, 0.05) is 0 Å². The molecule has 0 heterocycles. The van der Waals surface area contributed by atoms with Gasteiger partial charge in [0.1, 0.15) is 0 Å². The smallest absolute Gasteiger partial charge is 0.235 e. The van der Waals surface area contributed by atoms with Crippen LogP contribution in [0.4, 0.5) is 0 Å². The average Bonchev–Trinajstić information content (AvgIpc) is 1.60. The molecular formula is C7H16N2O. The van der Waals surface area contributed by atoms with Crippen LogP contribution in [-0.4, -0.2) is 19.0 Å². The van der Waals surface area contributed by atoms with Crippen LogP contribution in [0.25, 0.3) is 0 Å². The molecule has 0 aliphatic heterocycles. The standard InChI is InChI=1S/C7H16N2O/c1-7(2,3)5(9-4)6(8)10/h5,9H,1-4H3,(H2,8,10). The van der Waals surface area contributed by atoms with Crippen LogP contribution in [-0.2, 0) is 4.79 Å². The number of hydrogen-bond donors (Lipinski definition) is 2. The Morgan fingerprint density at radius 2 is 1.90 bits per heavy atom. The Hall–Kier alpha value is -0.570. The van der Waals surface area contributed by atoms with Crippen LogP contribution in [0.5, 0.6) is 0 Å². The number of primary amides is 1. The summed E-state index contributed by atoms with van der Waals surface area (Å²) in [5.41, 5.74) is 5.04. The van der Waals surface area contributed by atoms with E-state index >= 15 is 0 Å². The second-order valence-corrected chi connectivity index (χ2v) is 3.49. The number of rotatable bonds is 2. The Morgan fingerprint density at radius 3 is 1.90 bits per heavy atom. The van der Waals surface area contributed by atoms with Gasteiger partial charge in [-0.05, 0) is 12.5 Å². The van der Waals surface area contributed by atoms with Gasteiger partial charge < -0.3 is 11.1 Å². The molecule has 0 aliphatic rings. The van der Waals surface area contributed by atoms with Crippen molar-refractivity contribution in [3.8, 4) is 0 Å². The van der Waals surface area contributed by atoms with Crippen molar-refractivity contribution in [1.29, 1.82) is 0 Å². The number of likely N-dealkylation sites (N-methyl/N-ethyl adjacent to an activating group) is 1. The van der Waals surface area contributed by atoms with Crippen molar-refractivity contribution >= 4 is 5.91 Å². The normalized spacial score (nSPS) is 14.8. The van der Waals surface area contributed by atoms with Crippen molar-refractivity contribution in [3.05, 3.63) is 0 Å². The summed E-state index contributed by atoms with van der Waals surface area (Å²) in [5.74, 6) is -0.296. The molecule has 0 spiro atoms. The lowest BCUT2D eigenvalue weighted by molar-refractivity contribution is -0.122. The van der Waals surface area contributed by atoms with Gasteiger partial charge in [-0.2, -0.15) is 0 Å². The zero-order valence-corrected chi connectivity index (χ0v) is 7.06. The third-order valence-electron chi connectivity index (χ3n) is 1.44. The molecule has 1 amide bonds.